The van der Waals surface area contributed by atoms with Crippen LogP contribution in [-0.4, -0.2) is 29.7 Å². The number of Topliss-reactive ketones (excluding diaryl/α,β-unsaturated/α-hetero) is 1. The lowest BCUT2D eigenvalue weighted by atomic mass is 9.61. The van der Waals surface area contributed by atoms with E-state index in [0.29, 0.717) is 48.5 Å². The Morgan fingerprint density at radius 2 is 1.96 bits per heavy atom. The molecule has 3 unspecified atom stereocenters. The number of hydrogen-bond acceptors (Lipinski definition) is 3. The van der Waals surface area contributed by atoms with E-state index in [4.69, 9.17) is 4.74 Å². The molecule has 0 aliphatic heterocycles. The number of fused-ring (bicyclic) bond motifs is 1. The summed E-state index contributed by atoms with van der Waals surface area (Å²) in [5, 5.41) is 10.4. The predicted molar refractivity (Wildman–Crippen MR) is 97.9 cm³/mol. The molecule has 24 heavy (non-hydrogen) atoms. The van der Waals surface area contributed by atoms with Crippen LogP contribution in [0.5, 0.6) is 0 Å². The van der Waals surface area contributed by atoms with Gasteiger partial charge in [0.15, 0.2) is 5.78 Å². The first-order chi connectivity index (χ1) is 11.3. The highest BCUT2D eigenvalue weighted by atomic mass is 16.5. The molecule has 0 radical (unpaired) electrons. The van der Waals surface area contributed by atoms with Gasteiger partial charge in [-0.25, -0.2) is 0 Å². The Morgan fingerprint density at radius 3 is 2.54 bits per heavy atom. The second-order valence-electron chi connectivity index (χ2n) is 8.64. The van der Waals surface area contributed by atoms with Crippen LogP contribution in [0.25, 0.3) is 0 Å². The van der Waals surface area contributed by atoms with Crippen LogP contribution in [0.4, 0.5) is 0 Å². The van der Waals surface area contributed by atoms with E-state index in [-0.39, 0.29) is 5.78 Å². The highest BCUT2D eigenvalue weighted by Gasteiger charge is 2.52. The zero-order chi connectivity index (χ0) is 18.0. The van der Waals surface area contributed by atoms with Crippen LogP contribution < -0.4 is 0 Å². The van der Waals surface area contributed by atoms with Gasteiger partial charge in [-0.05, 0) is 68.1 Å². The molecule has 0 amide bonds. The fourth-order valence-electron chi connectivity index (χ4n) is 5.81. The fraction of sp³-hybridized carbons (Fsp3) is 0.952. The van der Waals surface area contributed by atoms with Crippen molar-refractivity contribution in [1.29, 1.82) is 0 Å². The Hall–Kier alpha value is -0.410. The SMILES string of the molecule is CCC(O)(CC)C(=O)CCC(C)[C@H]1CCC2C(OC)CCC[C@@]21C. The van der Waals surface area contributed by atoms with Crippen molar-refractivity contribution in [3.05, 3.63) is 0 Å². The average molecular weight is 339 g/mol. The molecule has 0 aromatic rings. The van der Waals surface area contributed by atoms with E-state index in [1.165, 1.54) is 32.1 Å². The monoisotopic (exact) mass is 338 g/mol. The highest BCUT2D eigenvalue weighted by Crippen LogP contribution is 2.58. The second-order valence-corrected chi connectivity index (χ2v) is 8.64. The Labute approximate surface area is 148 Å². The maximum atomic E-state index is 12.4. The Kier molecular flexibility index (Phi) is 6.52. The van der Waals surface area contributed by atoms with E-state index in [2.05, 4.69) is 13.8 Å². The lowest BCUT2D eigenvalue weighted by Gasteiger charge is -2.46. The molecule has 1 N–H and O–H groups in total. The van der Waals surface area contributed by atoms with Gasteiger partial charge in [0, 0.05) is 13.5 Å². The van der Waals surface area contributed by atoms with Gasteiger partial charge in [0.2, 0.25) is 0 Å². The maximum Gasteiger partial charge on any atom is 0.164 e. The molecular weight excluding hydrogens is 300 g/mol. The van der Waals surface area contributed by atoms with Crippen molar-refractivity contribution in [3.63, 3.8) is 0 Å². The number of rotatable bonds is 8. The van der Waals surface area contributed by atoms with Gasteiger partial charge in [-0.3, -0.25) is 4.79 Å². The number of methoxy groups -OCH3 is 1. The van der Waals surface area contributed by atoms with Crippen LogP contribution in [0.3, 0.4) is 0 Å². The fourth-order valence-corrected chi connectivity index (χ4v) is 5.81. The van der Waals surface area contributed by atoms with Gasteiger partial charge in [-0.15, -0.1) is 0 Å². The molecule has 2 fully saturated rings. The molecule has 0 aromatic carbocycles. The standard InChI is InChI=1S/C21H38O3/c1-6-21(23,7-2)19(22)13-10-15(3)16-11-12-17-18(24-5)9-8-14-20(16,17)4/h15-18,23H,6-14H2,1-5H3/t15?,16-,17?,18?,20-/m1/s1. The molecule has 2 aliphatic rings. The third kappa shape index (κ3) is 3.58. The summed E-state index contributed by atoms with van der Waals surface area (Å²) >= 11 is 0. The summed E-state index contributed by atoms with van der Waals surface area (Å²) in [5.41, 5.74) is -0.735. The van der Waals surface area contributed by atoms with Crippen LogP contribution in [-0.2, 0) is 9.53 Å². The summed E-state index contributed by atoms with van der Waals surface area (Å²) in [7, 11) is 1.86. The van der Waals surface area contributed by atoms with E-state index in [1.54, 1.807) is 0 Å². The van der Waals surface area contributed by atoms with Gasteiger partial charge in [0.1, 0.15) is 5.60 Å². The van der Waals surface area contributed by atoms with Gasteiger partial charge in [-0.2, -0.15) is 0 Å². The molecule has 3 heteroatoms. The molecule has 0 bridgehead atoms. The highest BCUT2D eigenvalue weighted by molar-refractivity contribution is 5.86. The summed E-state index contributed by atoms with van der Waals surface area (Å²) < 4.78 is 5.78. The molecule has 2 rings (SSSR count). The Morgan fingerprint density at radius 1 is 1.29 bits per heavy atom. The van der Waals surface area contributed by atoms with Crippen molar-refractivity contribution in [1.82, 2.24) is 0 Å². The third-order valence-corrected chi connectivity index (χ3v) is 7.64. The van der Waals surface area contributed by atoms with Crippen molar-refractivity contribution < 1.29 is 14.6 Å². The molecule has 0 aromatic heterocycles. The topological polar surface area (TPSA) is 46.5 Å². The van der Waals surface area contributed by atoms with Crippen molar-refractivity contribution in [2.75, 3.05) is 7.11 Å². The van der Waals surface area contributed by atoms with Gasteiger partial charge >= 0.3 is 0 Å². The van der Waals surface area contributed by atoms with E-state index >= 15 is 0 Å². The smallest absolute Gasteiger partial charge is 0.164 e. The largest absolute Gasteiger partial charge is 0.382 e. The maximum absolute atomic E-state index is 12.4. The number of ether oxygens (including phenoxy) is 1. The summed E-state index contributed by atoms with van der Waals surface area (Å²) in [4.78, 5) is 12.4. The molecule has 0 spiro atoms. The minimum Gasteiger partial charge on any atom is -0.382 e. The molecule has 0 heterocycles. The molecule has 3 nitrogen and oxygen atoms in total. The second kappa shape index (κ2) is 7.86. The molecule has 2 aliphatic carbocycles. The first kappa shape index (κ1) is 19.9. The average Bonchev–Trinajstić information content (AvgIpc) is 2.95. The lowest BCUT2D eigenvalue weighted by molar-refractivity contribution is -0.138. The number of ketones is 1. The first-order valence-corrected chi connectivity index (χ1v) is 10.1. The van der Waals surface area contributed by atoms with Crippen LogP contribution >= 0.6 is 0 Å². The van der Waals surface area contributed by atoms with Crippen LogP contribution in [0.1, 0.15) is 85.5 Å². The number of carbonyl (C=O) groups excluding carboxylic acids is 1. The molecule has 140 valence electrons. The molecular formula is C21H38O3. The molecule has 5 atom stereocenters. The van der Waals surface area contributed by atoms with Gasteiger partial charge < -0.3 is 9.84 Å². The quantitative estimate of drug-likeness (QED) is 0.694. The Bertz CT molecular complexity index is 429. The molecule has 2 saturated carbocycles. The van der Waals surface area contributed by atoms with Crippen molar-refractivity contribution in [2.24, 2.45) is 23.2 Å². The third-order valence-electron chi connectivity index (χ3n) is 7.64. The number of carbonyl (C=O) groups is 1. The van der Waals surface area contributed by atoms with E-state index in [9.17, 15) is 9.90 Å². The summed E-state index contributed by atoms with van der Waals surface area (Å²) in [6.07, 6.45) is 9.20. The van der Waals surface area contributed by atoms with Gasteiger partial charge in [0.05, 0.1) is 6.10 Å². The minimum absolute atomic E-state index is 0.0393. The van der Waals surface area contributed by atoms with Crippen LogP contribution in [0, 0.1) is 23.2 Å². The normalized spacial score (nSPS) is 34.8. The van der Waals surface area contributed by atoms with E-state index in [1.807, 2.05) is 21.0 Å². The van der Waals surface area contributed by atoms with Crippen molar-refractivity contribution in [2.45, 2.75) is 97.2 Å². The van der Waals surface area contributed by atoms with Gasteiger partial charge in [0.25, 0.3) is 0 Å². The predicted octanol–water partition coefficient (Wildman–Crippen LogP) is 4.75. The van der Waals surface area contributed by atoms with Crippen LogP contribution in [0.2, 0.25) is 0 Å². The summed E-state index contributed by atoms with van der Waals surface area (Å²) in [6.45, 7) is 8.59. The van der Waals surface area contributed by atoms with E-state index in [0.717, 1.165) is 6.42 Å². The summed E-state index contributed by atoms with van der Waals surface area (Å²) in [6, 6.07) is 0. The Balaban J connectivity index is 1.98. The minimum atomic E-state index is -1.10. The van der Waals surface area contributed by atoms with E-state index < -0.39 is 5.60 Å². The zero-order valence-corrected chi connectivity index (χ0v) is 16.4. The summed E-state index contributed by atoms with van der Waals surface area (Å²) in [5.74, 6) is 1.95. The number of aliphatic hydroxyl groups is 1. The van der Waals surface area contributed by atoms with Gasteiger partial charge in [-0.1, -0.05) is 34.1 Å². The zero-order valence-electron chi connectivity index (χ0n) is 16.4. The van der Waals surface area contributed by atoms with Crippen molar-refractivity contribution in [3.8, 4) is 0 Å². The first-order valence-electron chi connectivity index (χ1n) is 10.1. The van der Waals surface area contributed by atoms with Crippen molar-refractivity contribution >= 4 is 5.78 Å². The lowest BCUT2D eigenvalue weighted by Crippen LogP contribution is -2.42. The van der Waals surface area contributed by atoms with Crippen LogP contribution in [0.15, 0.2) is 0 Å². The molecule has 0 saturated heterocycles. The number of hydrogen-bond donors (Lipinski definition) is 1.